The Balaban J connectivity index is 0.959. The van der Waals surface area contributed by atoms with Crippen LogP contribution in [0, 0.1) is 11.8 Å². The van der Waals surface area contributed by atoms with Gasteiger partial charge in [0, 0.05) is 36.0 Å². The molecule has 51 heavy (non-hydrogen) atoms. The number of likely N-dealkylation sites (N-methyl/N-ethyl adjacent to an activating group) is 1. The van der Waals surface area contributed by atoms with Gasteiger partial charge in [0.05, 0.1) is 24.3 Å². The monoisotopic (exact) mass is 667 g/mol. The van der Waals surface area contributed by atoms with Crippen molar-refractivity contribution < 1.29 is 0 Å². The molecule has 0 saturated carbocycles. The van der Waals surface area contributed by atoms with Crippen LogP contribution in [0.2, 0.25) is 0 Å². The molecule has 4 aliphatic carbocycles. The van der Waals surface area contributed by atoms with Crippen LogP contribution >= 0.6 is 0 Å². The highest BCUT2D eigenvalue weighted by Crippen LogP contribution is 2.47. The van der Waals surface area contributed by atoms with Gasteiger partial charge in [0.1, 0.15) is 0 Å². The molecular formula is C46H45N5. The Kier molecular flexibility index (Phi) is 7.89. The van der Waals surface area contributed by atoms with Crippen molar-refractivity contribution in [2.75, 3.05) is 13.6 Å². The molecule has 3 heterocycles. The van der Waals surface area contributed by atoms with E-state index in [1.807, 2.05) is 6.08 Å². The van der Waals surface area contributed by atoms with Crippen LogP contribution in [0.4, 0.5) is 0 Å². The summed E-state index contributed by atoms with van der Waals surface area (Å²) in [6, 6.07) is 14.5. The number of allylic oxidation sites excluding steroid dienone is 15. The van der Waals surface area contributed by atoms with Crippen LogP contribution in [0.3, 0.4) is 0 Å². The lowest BCUT2D eigenvalue weighted by molar-refractivity contribution is 0.606. The number of aromatic nitrogens is 1. The first kappa shape index (κ1) is 31.6. The highest BCUT2D eigenvalue weighted by atomic mass is 15.4. The smallest absolute Gasteiger partial charge is 0.0786 e. The van der Waals surface area contributed by atoms with E-state index in [-0.39, 0.29) is 11.8 Å². The quantitative estimate of drug-likeness (QED) is 0.187. The van der Waals surface area contributed by atoms with Crippen molar-refractivity contribution in [3.63, 3.8) is 0 Å². The van der Waals surface area contributed by atoms with Crippen molar-refractivity contribution in [2.45, 2.75) is 37.8 Å². The predicted molar refractivity (Wildman–Crippen MR) is 214 cm³/mol. The average molecular weight is 668 g/mol. The summed E-state index contributed by atoms with van der Waals surface area (Å²) in [6.07, 6.45) is 36.9. The van der Waals surface area contributed by atoms with Gasteiger partial charge < -0.3 is 16.0 Å². The first-order valence-electron chi connectivity index (χ1n) is 18.4. The summed E-state index contributed by atoms with van der Waals surface area (Å²) < 4.78 is 2.42. The lowest BCUT2D eigenvalue weighted by Crippen LogP contribution is -2.22. The van der Waals surface area contributed by atoms with Crippen LogP contribution in [0.25, 0.3) is 29.0 Å². The number of benzene rings is 2. The SMILES string of the molecule is CN1C(C2=NC2)C1c1ccc(/C=C/C2=Cc3c(c4c(n3C)C=C(/C=C/C3=CC=C(/C(N)=C/C=C\N)C5C=CC=CC35)CC4)CC2)c2ccccc12. The second-order valence-electron chi connectivity index (χ2n) is 14.7. The molecule has 5 heteroatoms. The first-order chi connectivity index (χ1) is 25.0. The molecule has 2 aromatic carbocycles. The lowest BCUT2D eigenvalue weighted by atomic mass is 9.74. The summed E-state index contributed by atoms with van der Waals surface area (Å²) in [7, 11) is 4.46. The zero-order valence-electron chi connectivity index (χ0n) is 29.5. The summed E-state index contributed by atoms with van der Waals surface area (Å²) in [4.78, 5) is 6.95. The minimum atomic E-state index is 0.224. The fourth-order valence-electron chi connectivity index (χ4n) is 8.94. The largest absolute Gasteiger partial charge is 0.405 e. The molecule has 0 bridgehead atoms. The third kappa shape index (κ3) is 5.66. The summed E-state index contributed by atoms with van der Waals surface area (Å²) in [5.41, 5.74) is 27.8. The summed E-state index contributed by atoms with van der Waals surface area (Å²) in [6.45, 7) is 0.942. The Hall–Kier alpha value is -5.39. The van der Waals surface area contributed by atoms with Crippen molar-refractivity contribution in [3.05, 3.63) is 171 Å². The van der Waals surface area contributed by atoms with Crippen LogP contribution in [0.1, 0.15) is 52.5 Å². The molecule has 1 saturated heterocycles. The van der Waals surface area contributed by atoms with E-state index in [2.05, 4.69) is 138 Å². The van der Waals surface area contributed by atoms with Crippen LogP contribution in [-0.4, -0.2) is 34.8 Å². The van der Waals surface area contributed by atoms with Gasteiger partial charge in [-0.05, 0) is 119 Å². The van der Waals surface area contributed by atoms with Crippen LogP contribution < -0.4 is 11.5 Å². The van der Waals surface area contributed by atoms with Gasteiger partial charge >= 0.3 is 0 Å². The van der Waals surface area contributed by atoms with Gasteiger partial charge in [0.25, 0.3) is 0 Å². The Morgan fingerprint density at radius 2 is 1.47 bits per heavy atom. The number of fused-ring (bicyclic) bond motifs is 5. The molecule has 1 fully saturated rings. The van der Waals surface area contributed by atoms with E-state index in [0.29, 0.717) is 12.1 Å². The van der Waals surface area contributed by atoms with Crippen molar-refractivity contribution in [2.24, 2.45) is 35.3 Å². The van der Waals surface area contributed by atoms with Crippen molar-refractivity contribution in [1.29, 1.82) is 0 Å². The fourth-order valence-corrected chi connectivity index (χ4v) is 8.94. The second kappa shape index (κ2) is 12.7. The van der Waals surface area contributed by atoms with Gasteiger partial charge in [-0.15, -0.1) is 0 Å². The Morgan fingerprint density at radius 1 is 0.784 bits per heavy atom. The molecule has 5 atom stereocenters. The Morgan fingerprint density at radius 3 is 2.18 bits per heavy atom. The van der Waals surface area contributed by atoms with E-state index in [1.54, 1.807) is 6.08 Å². The predicted octanol–water partition coefficient (Wildman–Crippen LogP) is 8.46. The van der Waals surface area contributed by atoms with E-state index >= 15 is 0 Å². The minimum Gasteiger partial charge on any atom is -0.405 e. The molecule has 6 aliphatic rings. The van der Waals surface area contributed by atoms with Crippen LogP contribution in [-0.2, 0) is 19.9 Å². The lowest BCUT2D eigenvalue weighted by Gasteiger charge is -2.31. The third-order valence-electron chi connectivity index (χ3n) is 11.8. The normalized spacial score (nSPS) is 26.5. The van der Waals surface area contributed by atoms with Crippen LogP contribution in [0.15, 0.2) is 142 Å². The zero-order valence-corrected chi connectivity index (χ0v) is 29.5. The molecule has 3 aromatic rings. The first-order valence-corrected chi connectivity index (χ1v) is 18.4. The second-order valence-corrected chi connectivity index (χ2v) is 14.7. The van der Waals surface area contributed by atoms with E-state index in [9.17, 15) is 0 Å². The van der Waals surface area contributed by atoms with E-state index in [1.165, 1.54) is 73.0 Å². The number of rotatable bonds is 8. The highest BCUT2D eigenvalue weighted by molar-refractivity contribution is 6.04. The maximum absolute atomic E-state index is 6.44. The fraction of sp³-hybridized carbons (Fsp3) is 0.239. The van der Waals surface area contributed by atoms with Crippen molar-refractivity contribution in [3.8, 4) is 0 Å². The van der Waals surface area contributed by atoms with E-state index in [4.69, 9.17) is 11.5 Å². The Bertz CT molecular complexity index is 2310. The maximum Gasteiger partial charge on any atom is 0.0786 e. The van der Waals surface area contributed by atoms with Gasteiger partial charge in [-0.1, -0.05) is 97.2 Å². The molecule has 0 spiro atoms. The minimum absolute atomic E-state index is 0.224. The summed E-state index contributed by atoms with van der Waals surface area (Å²) in [5, 5.41) is 2.69. The molecule has 5 nitrogen and oxygen atoms in total. The summed E-state index contributed by atoms with van der Waals surface area (Å²) in [5.74, 6) is 0.492. The van der Waals surface area contributed by atoms with Crippen LogP contribution in [0.5, 0.6) is 0 Å². The maximum atomic E-state index is 6.44. The highest BCUT2D eigenvalue weighted by Gasteiger charge is 2.51. The molecule has 4 N–H and O–H groups in total. The van der Waals surface area contributed by atoms with Crippen molar-refractivity contribution >= 4 is 34.7 Å². The molecule has 5 unspecified atom stereocenters. The molecule has 254 valence electrons. The number of hydrogen-bond donors (Lipinski definition) is 2. The van der Waals surface area contributed by atoms with Gasteiger partial charge in [-0.25, -0.2) is 0 Å². The molecule has 0 radical (unpaired) electrons. The number of aliphatic imine (C=N–C) groups is 1. The molecule has 0 amide bonds. The summed E-state index contributed by atoms with van der Waals surface area (Å²) >= 11 is 0. The molecule has 2 aliphatic heterocycles. The number of nitrogens with zero attached hydrogens (tertiary/aromatic N) is 3. The Labute approximate surface area is 301 Å². The van der Waals surface area contributed by atoms with Crippen molar-refractivity contribution in [1.82, 2.24) is 9.47 Å². The molecular weight excluding hydrogens is 623 g/mol. The standard InChI is InChI=1S/C46H45N5/c1-50-43-26-29(13-17-31-19-23-37(41(48)12-7-25-47)35-10-5-3-8-33(31)35)15-21-38(43)39-22-16-30(27-44(39)50)14-18-32-20-24-40(36-11-6-4-9-34(32)36)45-46(51(45)2)42-28-49-42/h3-14,17-20,23-27,33,35,45-46H,15-16,21-22,28,47-48H2,1-2H3/b17-13+,18-14+,25-7-,41-12-. The third-order valence-corrected chi connectivity index (χ3v) is 11.8. The number of nitrogens with two attached hydrogens (primary N) is 2. The molecule has 9 rings (SSSR count). The number of hydrogen-bond acceptors (Lipinski definition) is 4. The topological polar surface area (TPSA) is 72.3 Å². The van der Waals surface area contributed by atoms with Gasteiger partial charge in [-0.2, -0.15) is 0 Å². The van der Waals surface area contributed by atoms with Gasteiger partial charge in [-0.3, -0.25) is 9.89 Å². The zero-order chi connectivity index (χ0) is 34.6. The average Bonchev–Trinajstić information content (AvgIpc) is 4.10. The van der Waals surface area contributed by atoms with E-state index in [0.717, 1.165) is 43.5 Å². The van der Waals surface area contributed by atoms with E-state index < -0.39 is 0 Å². The van der Waals surface area contributed by atoms with Gasteiger partial charge in [0.15, 0.2) is 0 Å². The van der Waals surface area contributed by atoms with Gasteiger partial charge in [0.2, 0.25) is 0 Å². The molecule has 1 aromatic heterocycles.